The van der Waals surface area contributed by atoms with Crippen molar-refractivity contribution in [2.75, 3.05) is 5.73 Å². The molecule has 6 heteroatoms. The molecule has 0 radical (unpaired) electrons. The van der Waals surface area contributed by atoms with Crippen molar-refractivity contribution in [3.05, 3.63) is 35.6 Å². The van der Waals surface area contributed by atoms with Crippen LogP contribution in [-0.2, 0) is 0 Å². The number of hydrogen-bond acceptors (Lipinski definition) is 6. The maximum absolute atomic E-state index is 6.05. The van der Waals surface area contributed by atoms with Crippen LogP contribution in [0.2, 0.25) is 0 Å². The van der Waals surface area contributed by atoms with Crippen LogP contribution in [0.3, 0.4) is 0 Å². The Bertz CT molecular complexity index is 694. The summed E-state index contributed by atoms with van der Waals surface area (Å²) in [5.41, 5.74) is 7.76. The van der Waals surface area contributed by atoms with Gasteiger partial charge in [-0.25, -0.2) is 15.0 Å². The van der Waals surface area contributed by atoms with Crippen molar-refractivity contribution < 1.29 is 0 Å². The van der Waals surface area contributed by atoms with Crippen LogP contribution in [0.15, 0.2) is 40.6 Å². The highest BCUT2D eigenvalue weighted by atomic mass is 32.2. The predicted octanol–water partition coefficient (Wildman–Crippen LogP) is 3.13. The molecule has 0 saturated carbocycles. The van der Waals surface area contributed by atoms with Gasteiger partial charge in [-0.05, 0) is 36.9 Å². The monoisotopic (exact) mass is 274 g/mol. The van der Waals surface area contributed by atoms with Gasteiger partial charge < -0.3 is 5.73 Å². The number of nitrogens with zero attached hydrogens (tertiary/aromatic N) is 3. The minimum Gasteiger partial charge on any atom is -0.398 e. The van der Waals surface area contributed by atoms with E-state index in [1.165, 1.54) is 11.8 Å². The Balaban J connectivity index is 2.03. The summed E-state index contributed by atoms with van der Waals surface area (Å²) in [6, 6.07) is 5.75. The first kappa shape index (κ1) is 11.4. The molecular weight excluding hydrogens is 264 g/mol. The molecule has 0 unspecified atom stereocenters. The molecule has 0 saturated heterocycles. The van der Waals surface area contributed by atoms with Crippen LogP contribution in [0, 0.1) is 6.92 Å². The zero-order chi connectivity index (χ0) is 12.5. The van der Waals surface area contributed by atoms with Gasteiger partial charge in [-0.1, -0.05) is 0 Å². The standard InChI is InChI=1S/C12H10N4S2/c1-7-16-9-6-10(8(13)5-11(9)17-7)18-12-14-3-2-4-15-12/h2-6H,13H2,1H3. The molecular formula is C12H10N4S2. The summed E-state index contributed by atoms with van der Waals surface area (Å²) in [4.78, 5) is 13.8. The second-order valence-electron chi connectivity index (χ2n) is 3.72. The van der Waals surface area contributed by atoms with Gasteiger partial charge in [0.2, 0.25) is 0 Å². The minimum absolute atomic E-state index is 0.690. The van der Waals surface area contributed by atoms with Crippen LogP contribution >= 0.6 is 23.1 Å². The largest absolute Gasteiger partial charge is 0.398 e. The summed E-state index contributed by atoms with van der Waals surface area (Å²) in [6.45, 7) is 1.99. The van der Waals surface area contributed by atoms with Crippen LogP contribution in [0.5, 0.6) is 0 Å². The van der Waals surface area contributed by atoms with Gasteiger partial charge in [0.25, 0.3) is 0 Å². The van der Waals surface area contributed by atoms with E-state index in [0.717, 1.165) is 25.8 Å². The smallest absolute Gasteiger partial charge is 0.192 e. The molecule has 1 aromatic carbocycles. The lowest BCUT2D eigenvalue weighted by Crippen LogP contribution is -1.90. The van der Waals surface area contributed by atoms with Gasteiger partial charge >= 0.3 is 0 Å². The summed E-state index contributed by atoms with van der Waals surface area (Å²) >= 11 is 3.11. The Hall–Kier alpha value is -1.66. The Labute approximate surface area is 112 Å². The SMILES string of the molecule is Cc1nc2cc(Sc3ncccn3)c(N)cc2s1. The number of benzene rings is 1. The van der Waals surface area contributed by atoms with Gasteiger partial charge in [-0.3, -0.25) is 0 Å². The molecule has 2 aromatic heterocycles. The number of aryl methyl sites for hydroxylation is 1. The van der Waals surface area contributed by atoms with Gasteiger partial charge in [-0.2, -0.15) is 0 Å². The first-order valence-corrected chi connectivity index (χ1v) is 6.97. The maximum Gasteiger partial charge on any atom is 0.192 e. The molecule has 0 amide bonds. The first-order valence-electron chi connectivity index (χ1n) is 5.34. The fraction of sp³-hybridized carbons (Fsp3) is 0.0833. The molecule has 2 heterocycles. The van der Waals surface area contributed by atoms with Gasteiger partial charge in [-0.15, -0.1) is 11.3 Å². The minimum atomic E-state index is 0.690. The Kier molecular flexibility index (Phi) is 2.89. The van der Waals surface area contributed by atoms with E-state index in [9.17, 15) is 0 Å². The van der Waals surface area contributed by atoms with Gasteiger partial charge in [0.05, 0.1) is 15.2 Å². The number of hydrogen-bond donors (Lipinski definition) is 1. The van der Waals surface area contributed by atoms with Crippen LogP contribution < -0.4 is 5.73 Å². The van der Waals surface area contributed by atoms with Gasteiger partial charge in [0, 0.05) is 23.0 Å². The number of nitrogen functional groups attached to an aromatic ring is 1. The number of fused-ring (bicyclic) bond motifs is 1. The molecule has 0 bridgehead atoms. The number of anilines is 1. The van der Waals surface area contributed by atoms with Crippen molar-refractivity contribution in [2.24, 2.45) is 0 Å². The van der Waals surface area contributed by atoms with Crippen molar-refractivity contribution in [3.63, 3.8) is 0 Å². The van der Waals surface area contributed by atoms with Crippen LogP contribution in [-0.4, -0.2) is 15.0 Å². The van der Waals surface area contributed by atoms with E-state index < -0.39 is 0 Å². The van der Waals surface area contributed by atoms with Crippen molar-refractivity contribution in [3.8, 4) is 0 Å². The lowest BCUT2D eigenvalue weighted by Gasteiger charge is -2.03. The third kappa shape index (κ3) is 2.16. The average molecular weight is 274 g/mol. The summed E-state index contributed by atoms with van der Waals surface area (Å²) in [7, 11) is 0. The highest BCUT2D eigenvalue weighted by molar-refractivity contribution is 7.99. The van der Waals surface area contributed by atoms with E-state index in [-0.39, 0.29) is 0 Å². The lowest BCUT2D eigenvalue weighted by atomic mass is 10.3. The molecule has 18 heavy (non-hydrogen) atoms. The zero-order valence-electron chi connectivity index (χ0n) is 9.62. The number of nitrogens with two attached hydrogens (primary N) is 1. The van der Waals surface area contributed by atoms with Gasteiger partial charge in [0.15, 0.2) is 5.16 Å². The van der Waals surface area contributed by atoms with E-state index in [1.54, 1.807) is 29.8 Å². The second kappa shape index (κ2) is 4.55. The van der Waals surface area contributed by atoms with Crippen LogP contribution in [0.25, 0.3) is 10.2 Å². The zero-order valence-corrected chi connectivity index (χ0v) is 11.3. The molecule has 0 fully saturated rings. The summed E-state index contributed by atoms with van der Waals surface area (Å²) < 4.78 is 1.11. The third-order valence-corrected chi connectivity index (χ3v) is 4.27. The Morgan fingerprint density at radius 3 is 2.78 bits per heavy atom. The number of thiazole rings is 1. The first-order chi connectivity index (χ1) is 8.72. The van der Waals surface area contributed by atoms with Crippen molar-refractivity contribution in [1.29, 1.82) is 0 Å². The number of rotatable bonds is 2. The third-order valence-electron chi connectivity index (χ3n) is 2.37. The fourth-order valence-electron chi connectivity index (χ4n) is 1.61. The molecule has 90 valence electrons. The molecule has 0 spiro atoms. The predicted molar refractivity (Wildman–Crippen MR) is 74.9 cm³/mol. The summed E-state index contributed by atoms with van der Waals surface area (Å²) in [5, 5.41) is 1.73. The topological polar surface area (TPSA) is 64.7 Å². The Morgan fingerprint density at radius 2 is 2.00 bits per heavy atom. The van der Waals surface area contributed by atoms with Crippen LogP contribution in [0.4, 0.5) is 5.69 Å². The number of aromatic nitrogens is 3. The van der Waals surface area contributed by atoms with Gasteiger partial charge in [0.1, 0.15) is 0 Å². The molecule has 2 N–H and O–H groups in total. The summed E-state index contributed by atoms with van der Waals surface area (Å²) in [6.07, 6.45) is 3.44. The maximum atomic E-state index is 6.05. The van der Waals surface area contributed by atoms with E-state index >= 15 is 0 Å². The van der Waals surface area contributed by atoms with Crippen molar-refractivity contribution in [2.45, 2.75) is 17.0 Å². The highest BCUT2D eigenvalue weighted by Gasteiger charge is 2.08. The van der Waals surface area contributed by atoms with E-state index in [4.69, 9.17) is 5.73 Å². The van der Waals surface area contributed by atoms with Crippen LogP contribution in [0.1, 0.15) is 5.01 Å². The highest BCUT2D eigenvalue weighted by Crippen LogP contribution is 2.34. The molecule has 0 atom stereocenters. The molecule has 3 aromatic rings. The molecule has 4 nitrogen and oxygen atoms in total. The van der Waals surface area contributed by atoms with E-state index in [0.29, 0.717) is 5.16 Å². The fourth-order valence-corrected chi connectivity index (χ4v) is 3.24. The average Bonchev–Trinajstić information content (AvgIpc) is 2.70. The van der Waals surface area contributed by atoms with E-state index in [2.05, 4.69) is 15.0 Å². The molecule has 0 aliphatic carbocycles. The van der Waals surface area contributed by atoms with E-state index in [1.807, 2.05) is 19.1 Å². The van der Waals surface area contributed by atoms with Crippen molar-refractivity contribution in [1.82, 2.24) is 15.0 Å². The van der Waals surface area contributed by atoms with Crippen molar-refractivity contribution >= 4 is 39.0 Å². The Morgan fingerprint density at radius 1 is 1.22 bits per heavy atom. The molecule has 3 rings (SSSR count). The summed E-state index contributed by atoms with van der Waals surface area (Å²) in [5.74, 6) is 0. The second-order valence-corrected chi connectivity index (χ2v) is 5.97. The quantitative estimate of drug-likeness (QED) is 0.574. The molecule has 0 aliphatic rings. The normalized spacial score (nSPS) is 10.9. The lowest BCUT2D eigenvalue weighted by molar-refractivity contribution is 0.967. The molecule has 0 aliphatic heterocycles.